The summed E-state index contributed by atoms with van der Waals surface area (Å²) in [5.41, 5.74) is 11.8. The van der Waals surface area contributed by atoms with Crippen LogP contribution in [0.5, 0.6) is 5.75 Å². The number of aliphatic imine (C=N–C) groups is 2. The Kier molecular flexibility index (Phi) is 8.10. The predicted octanol–water partition coefficient (Wildman–Crippen LogP) is 5.56. The van der Waals surface area contributed by atoms with Gasteiger partial charge in [-0.1, -0.05) is 34.1 Å². The number of aromatic nitrogens is 2. The van der Waals surface area contributed by atoms with E-state index in [2.05, 4.69) is 68.9 Å². The van der Waals surface area contributed by atoms with Crippen LogP contribution in [0.25, 0.3) is 11.1 Å². The van der Waals surface area contributed by atoms with Gasteiger partial charge in [0.05, 0.1) is 18.8 Å². The van der Waals surface area contributed by atoms with Gasteiger partial charge in [0.2, 0.25) is 5.96 Å². The number of hydrogen-bond acceptors (Lipinski definition) is 5. The van der Waals surface area contributed by atoms with Gasteiger partial charge in [0, 0.05) is 23.4 Å². The highest BCUT2D eigenvalue weighted by molar-refractivity contribution is 5.98. The van der Waals surface area contributed by atoms with Gasteiger partial charge in [-0.15, -0.1) is 0 Å². The molecule has 0 aliphatic carbocycles. The number of hydrogen-bond donors (Lipinski definition) is 2. The molecule has 32 heavy (non-hydrogen) atoms. The van der Waals surface area contributed by atoms with Crippen LogP contribution in [0.2, 0.25) is 0 Å². The monoisotopic (exact) mass is 437 g/mol. The van der Waals surface area contributed by atoms with E-state index in [-0.39, 0.29) is 6.04 Å². The summed E-state index contributed by atoms with van der Waals surface area (Å²) in [6, 6.07) is 4.62. The Morgan fingerprint density at radius 3 is 2.56 bits per heavy atom. The van der Waals surface area contributed by atoms with Crippen molar-refractivity contribution in [3.05, 3.63) is 35.7 Å². The molecule has 3 atom stereocenters. The zero-order valence-corrected chi connectivity index (χ0v) is 20.5. The van der Waals surface area contributed by atoms with Crippen LogP contribution < -0.4 is 10.5 Å². The molecule has 0 amide bonds. The molecular weight excluding hydrogens is 398 g/mol. The van der Waals surface area contributed by atoms with Crippen LogP contribution in [0, 0.1) is 24.7 Å². The minimum absolute atomic E-state index is 0.208. The standard InChI is InChI=1S/C26H39N5O/c1-7-19(12-23-24(16(3)4)18(6)30-26(27)31-23)9-10-32-25-17(5)11-21(13-20(25)8-2)22-14-28-29-15-22/h11,13-16,19,23-24H,7-10,12H2,1-6H3,(H2,27,31)(H,28,29). The zero-order chi connectivity index (χ0) is 23.3. The molecule has 0 fully saturated rings. The van der Waals surface area contributed by atoms with E-state index in [9.17, 15) is 0 Å². The van der Waals surface area contributed by atoms with Gasteiger partial charge in [0.25, 0.3) is 0 Å². The Labute approximate surface area is 192 Å². The quantitative estimate of drug-likeness (QED) is 0.510. The average molecular weight is 438 g/mol. The Morgan fingerprint density at radius 1 is 1.16 bits per heavy atom. The lowest BCUT2D eigenvalue weighted by molar-refractivity contribution is 0.248. The molecule has 0 saturated heterocycles. The number of nitrogens with one attached hydrogen (secondary N) is 1. The highest BCUT2D eigenvalue weighted by Gasteiger charge is 2.31. The molecule has 1 aromatic heterocycles. The molecule has 0 bridgehead atoms. The summed E-state index contributed by atoms with van der Waals surface area (Å²) < 4.78 is 6.36. The highest BCUT2D eigenvalue weighted by Crippen LogP contribution is 2.33. The van der Waals surface area contributed by atoms with E-state index in [4.69, 9.17) is 15.5 Å². The largest absolute Gasteiger partial charge is 0.493 e. The predicted molar refractivity (Wildman–Crippen MR) is 133 cm³/mol. The van der Waals surface area contributed by atoms with Crippen molar-refractivity contribution in [2.24, 2.45) is 33.5 Å². The molecular formula is C26H39N5O. The maximum absolute atomic E-state index is 6.36. The van der Waals surface area contributed by atoms with Gasteiger partial charge < -0.3 is 10.5 Å². The number of aryl methyl sites for hydroxylation is 2. The molecule has 1 aliphatic heterocycles. The fourth-order valence-electron chi connectivity index (χ4n) is 4.99. The molecule has 2 heterocycles. The summed E-state index contributed by atoms with van der Waals surface area (Å²) in [6.45, 7) is 13.9. The van der Waals surface area contributed by atoms with Gasteiger partial charge in [-0.05, 0) is 73.8 Å². The first kappa shape index (κ1) is 24.0. The SMILES string of the molecule is CCc1cc(-c2cn[nH]c2)cc(C)c1OCCC(CC)CC1N=C(N)N=C(C)C1C(C)C. The molecule has 3 rings (SSSR count). The third-order valence-electron chi connectivity index (χ3n) is 6.69. The van der Waals surface area contributed by atoms with Crippen LogP contribution in [0.3, 0.4) is 0 Å². The number of H-pyrrole nitrogens is 1. The van der Waals surface area contributed by atoms with Gasteiger partial charge in [0.1, 0.15) is 5.75 Å². The van der Waals surface area contributed by atoms with Gasteiger partial charge >= 0.3 is 0 Å². The van der Waals surface area contributed by atoms with Crippen LogP contribution in [-0.4, -0.2) is 34.5 Å². The van der Waals surface area contributed by atoms with Crippen LogP contribution in [-0.2, 0) is 6.42 Å². The molecule has 6 heteroatoms. The Hall–Kier alpha value is -2.63. The van der Waals surface area contributed by atoms with E-state index >= 15 is 0 Å². The summed E-state index contributed by atoms with van der Waals surface area (Å²) >= 11 is 0. The summed E-state index contributed by atoms with van der Waals surface area (Å²) in [4.78, 5) is 9.16. The second kappa shape index (κ2) is 10.8. The van der Waals surface area contributed by atoms with E-state index in [0.717, 1.165) is 42.7 Å². The van der Waals surface area contributed by atoms with Gasteiger partial charge in [0.15, 0.2) is 0 Å². The Morgan fingerprint density at radius 2 is 1.94 bits per heavy atom. The first-order valence-corrected chi connectivity index (χ1v) is 12.0. The molecule has 0 spiro atoms. The molecule has 2 aromatic rings. The Balaban J connectivity index is 1.65. The number of rotatable bonds is 10. The molecule has 0 radical (unpaired) electrons. The molecule has 1 aliphatic rings. The van der Waals surface area contributed by atoms with Crippen LogP contribution >= 0.6 is 0 Å². The third-order valence-corrected chi connectivity index (χ3v) is 6.69. The normalized spacial score (nSPS) is 19.6. The van der Waals surface area contributed by atoms with Crippen molar-refractivity contribution in [1.29, 1.82) is 0 Å². The summed E-state index contributed by atoms with van der Waals surface area (Å²) in [5, 5.41) is 6.97. The van der Waals surface area contributed by atoms with E-state index in [1.165, 1.54) is 16.7 Å². The number of benzene rings is 1. The first-order chi connectivity index (χ1) is 15.3. The van der Waals surface area contributed by atoms with Crippen molar-refractivity contribution in [3.63, 3.8) is 0 Å². The number of nitrogens with two attached hydrogens (primary N) is 1. The maximum Gasteiger partial charge on any atom is 0.215 e. The third kappa shape index (κ3) is 5.59. The number of guanidine groups is 1. The van der Waals surface area contributed by atoms with Crippen molar-refractivity contribution in [2.75, 3.05) is 6.61 Å². The lowest BCUT2D eigenvalue weighted by Gasteiger charge is -2.32. The fraction of sp³-hybridized carbons (Fsp3) is 0.577. The second-order valence-corrected chi connectivity index (χ2v) is 9.35. The highest BCUT2D eigenvalue weighted by atomic mass is 16.5. The lowest BCUT2D eigenvalue weighted by Crippen LogP contribution is -2.37. The second-order valence-electron chi connectivity index (χ2n) is 9.35. The lowest BCUT2D eigenvalue weighted by atomic mass is 9.79. The van der Waals surface area contributed by atoms with Gasteiger partial charge in [-0.2, -0.15) is 5.10 Å². The van der Waals surface area contributed by atoms with Gasteiger partial charge in [-0.3, -0.25) is 5.10 Å². The summed E-state index contributed by atoms with van der Waals surface area (Å²) in [5.74, 6) is 2.85. The number of aromatic amines is 1. The minimum atomic E-state index is 0.208. The topological polar surface area (TPSA) is 88.6 Å². The minimum Gasteiger partial charge on any atom is -0.493 e. The van der Waals surface area contributed by atoms with Crippen molar-refractivity contribution < 1.29 is 4.74 Å². The van der Waals surface area contributed by atoms with E-state index in [1.54, 1.807) is 0 Å². The number of nitrogens with zero attached hydrogens (tertiary/aromatic N) is 3. The Bertz CT molecular complexity index is 945. The summed E-state index contributed by atoms with van der Waals surface area (Å²) in [7, 11) is 0. The average Bonchev–Trinajstić information content (AvgIpc) is 3.27. The van der Waals surface area contributed by atoms with E-state index in [1.807, 2.05) is 12.4 Å². The molecule has 3 unspecified atom stereocenters. The smallest absolute Gasteiger partial charge is 0.215 e. The fourth-order valence-corrected chi connectivity index (χ4v) is 4.99. The molecule has 0 saturated carbocycles. The van der Waals surface area contributed by atoms with Crippen LogP contribution in [0.1, 0.15) is 65.0 Å². The molecule has 3 N–H and O–H groups in total. The van der Waals surface area contributed by atoms with Crippen molar-refractivity contribution in [1.82, 2.24) is 10.2 Å². The first-order valence-electron chi connectivity index (χ1n) is 12.0. The molecule has 6 nitrogen and oxygen atoms in total. The van der Waals surface area contributed by atoms with Gasteiger partial charge in [-0.25, -0.2) is 9.98 Å². The van der Waals surface area contributed by atoms with E-state index in [0.29, 0.717) is 30.3 Å². The molecule has 174 valence electrons. The van der Waals surface area contributed by atoms with Crippen LogP contribution in [0.4, 0.5) is 0 Å². The summed E-state index contributed by atoms with van der Waals surface area (Å²) in [6.07, 6.45) is 7.86. The molecule has 1 aromatic carbocycles. The van der Waals surface area contributed by atoms with Crippen LogP contribution in [0.15, 0.2) is 34.5 Å². The van der Waals surface area contributed by atoms with Crippen molar-refractivity contribution in [2.45, 2.75) is 73.3 Å². The van der Waals surface area contributed by atoms with Crippen molar-refractivity contribution in [3.8, 4) is 16.9 Å². The van der Waals surface area contributed by atoms with Crippen molar-refractivity contribution >= 4 is 11.7 Å². The maximum atomic E-state index is 6.36. The zero-order valence-electron chi connectivity index (χ0n) is 20.5. The number of ether oxygens (including phenoxy) is 1. The van der Waals surface area contributed by atoms with E-state index < -0.39 is 0 Å².